The summed E-state index contributed by atoms with van der Waals surface area (Å²) in [5.41, 5.74) is 0. The molecule has 1 aromatic heterocycles. The Hall–Kier alpha value is -0.940. The van der Waals surface area contributed by atoms with E-state index in [2.05, 4.69) is 10.3 Å². The van der Waals surface area contributed by atoms with E-state index in [0.717, 1.165) is 24.4 Å². The van der Waals surface area contributed by atoms with Gasteiger partial charge in [-0.05, 0) is 19.4 Å². The standard InChI is InChI=1S/C8H10N2O2S/c11-8(12)6-4-10-7(13-6)5-2-1-3-9-5/h4-5,9H,1-3H2,(H,11,12). The lowest BCUT2D eigenvalue weighted by molar-refractivity contribution is 0.0702. The molecule has 0 bridgehead atoms. The molecule has 70 valence electrons. The monoisotopic (exact) mass is 198 g/mol. The van der Waals surface area contributed by atoms with Crippen molar-refractivity contribution in [2.75, 3.05) is 6.54 Å². The molecule has 0 aromatic carbocycles. The number of carbonyl (C=O) groups is 1. The minimum atomic E-state index is -0.887. The highest BCUT2D eigenvalue weighted by atomic mass is 32.1. The number of thiazole rings is 1. The number of hydrogen-bond donors (Lipinski definition) is 2. The van der Waals surface area contributed by atoms with E-state index in [0.29, 0.717) is 4.88 Å². The summed E-state index contributed by atoms with van der Waals surface area (Å²) in [6.45, 7) is 1.01. The molecule has 1 aliphatic rings. The number of nitrogens with zero attached hydrogens (tertiary/aromatic N) is 1. The molecule has 1 unspecified atom stereocenters. The maximum atomic E-state index is 10.6. The van der Waals surface area contributed by atoms with Crippen molar-refractivity contribution in [1.29, 1.82) is 0 Å². The summed E-state index contributed by atoms with van der Waals surface area (Å²) < 4.78 is 0. The predicted octanol–water partition coefficient (Wildman–Crippen LogP) is 1.27. The van der Waals surface area contributed by atoms with E-state index in [9.17, 15) is 4.79 Å². The van der Waals surface area contributed by atoms with Gasteiger partial charge in [0.05, 0.1) is 12.2 Å². The normalized spacial score (nSPS) is 22.0. The minimum absolute atomic E-state index is 0.276. The fourth-order valence-corrected chi connectivity index (χ4v) is 2.31. The second-order valence-corrected chi connectivity index (χ2v) is 4.08. The predicted molar refractivity (Wildman–Crippen MR) is 49.1 cm³/mol. The molecule has 1 saturated heterocycles. The molecule has 0 radical (unpaired) electrons. The third-order valence-electron chi connectivity index (χ3n) is 2.09. The Labute approximate surface area is 79.6 Å². The molecule has 1 aliphatic heterocycles. The summed E-state index contributed by atoms with van der Waals surface area (Å²) in [6.07, 6.45) is 3.64. The smallest absolute Gasteiger partial charge is 0.347 e. The number of carboxylic acids is 1. The SMILES string of the molecule is O=C(O)c1cnc(C2CCCN2)s1. The highest BCUT2D eigenvalue weighted by molar-refractivity contribution is 7.13. The molecule has 2 rings (SSSR count). The first-order chi connectivity index (χ1) is 6.27. The van der Waals surface area contributed by atoms with Crippen molar-refractivity contribution in [3.63, 3.8) is 0 Å². The summed E-state index contributed by atoms with van der Waals surface area (Å²) >= 11 is 1.27. The van der Waals surface area contributed by atoms with Gasteiger partial charge >= 0.3 is 5.97 Å². The lowest BCUT2D eigenvalue weighted by Gasteiger charge is -2.03. The molecule has 0 saturated carbocycles. The van der Waals surface area contributed by atoms with E-state index in [1.807, 2.05) is 0 Å². The molecule has 0 spiro atoms. The fourth-order valence-electron chi connectivity index (χ4n) is 1.44. The van der Waals surface area contributed by atoms with Gasteiger partial charge in [-0.1, -0.05) is 0 Å². The van der Waals surface area contributed by atoms with E-state index in [1.165, 1.54) is 17.5 Å². The Morgan fingerprint density at radius 3 is 3.15 bits per heavy atom. The molecule has 0 aliphatic carbocycles. The van der Waals surface area contributed by atoms with Crippen LogP contribution in [0.3, 0.4) is 0 Å². The third-order valence-corrected chi connectivity index (χ3v) is 3.19. The molecule has 2 heterocycles. The van der Waals surface area contributed by atoms with Crippen LogP contribution in [-0.2, 0) is 0 Å². The van der Waals surface area contributed by atoms with Gasteiger partial charge in [0.1, 0.15) is 9.88 Å². The van der Waals surface area contributed by atoms with Crippen molar-refractivity contribution < 1.29 is 9.90 Å². The zero-order valence-electron chi connectivity index (χ0n) is 6.99. The van der Waals surface area contributed by atoms with Crippen LogP contribution in [0.25, 0.3) is 0 Å². The maximum Gasteiger partial charge on any atom is 0.347 e. The Morgan fingerprint density at radius 1 is 1.77 bits per heavy atom. The number of aromatic nitrogens is 1. The van der Waals surface area contributed by atoms with Gasteiger partial charge in [0.25, 0.3) is 0 Å². The number of nitrogens with one attached hydrogen (secondary N) is 1. The van der Waals surface area contributed by atoms with Gasteiger partial charge in [0.2, 0.25) is 0 Å². The van der Waals surface area contributed by atoms with E-state index >= 15 is 0 Å². The Kier molecular flexibility index (Phi) is 2.28. The Morgan fingerprint density at radius 2 is 2.62 bits per heavy atom. The fraction of sp³-hybridized carbons (Fsp3) is 0.500. The first kappa shape index (κ1) is 8.65. The van der Waals surface area contributed by atoms with E-state index in [-0.39, 0.29) is 6.04 Å². The van der Waals surface area contributed by atoms with E-state index in [4.69, 9.17) is 5.11 Å². The van der Waals surface area contributed by atoms with E-state index in [1.54, 1.807) is 0 Å². The molecular weight excluding hydrogens is 188 g/mol. The highest BCUT2D eigenvalue weighted by Crippen LogP contribution is 2.26. The first-order valence-corrected chi connectivity index (χ1v) is 5.01. The summed E-state index contributed by atoms with van der Waals surface area (Å²) in [5, 5.41) is 12.9. The van der Waals surface area contributed by atoms with Crippen LogP contribution in [0.15, 0.2) is 6.20 Å². The Bertz CT molecular complexity index is 318. The van der Waals surface area contributed by atoms with Gasteiger partial charge in [-0.15, -0.1) is 11.3 Å². The van der Waals surface area contributed by atoms with Crippen molar-refractivity contribution >= 4 is 17.3 Å². The second kappa shape index (κ2) is 3.43. The van der Waals surface area contributed by atoms with Gasteiger partial charge in [-0.3, -0.25) is 0 Å². The molecule has 5 heteroatoms. The van der Waals surface area contributed by atoms with Gasteiger partial charge in [0.15, 0.2) is 0 Å². The van der Waals surface area contributed by atoms with E-state index < -0.39 is 5.97 Å². The van der Waals surface area contributed by atoms with Crippen molar-refractivity contribution in [1.82, 2.24) is 10.3 Å². The molecule has 2 N–H and O–H groups in total. The zero-order valence-corrected chi connectivity index (χ0v) is 7.80. The highest BCUT2D eigenvalue weighted by Gasteiger charge is 2.20. The van der Waals surface area contributed by atoms with Crippen LogP contribution >= 0.6 is 11.3 Å². The van der Waals surface area contributed by atoms with Gasteiger partial charge in [-0.2, -0.15) is 0 Å². The number of rotatable bonds is 2. The van der Waals surface area contributed by atoms with Gasteiger partial charge < -0.3 is 10.4 Å². The zero-order chi connectivity index (χ0) is 9.26. The minimum Gasteiger partial charge on any atom is -0.477 e. The molecular formula is C8H10N2O2S. The van der Waals surface area contributed by atoms with Crippen LogP contribution in [0.2, 0.25) is 0 Å². The third kappa shape index (κ3) is 1.71. The molecule has 1 atom stereocenters. The van der Waals surface area contributed by atoms with Gasteiger partial charge in [-0.25, -0.2) is 9.78 Å². The molecule has 13 heavy (non-hydrogen) atoms. The van der Waals surface area contributed by atoms with Gasteiger partial charge in [0, 0.05) is 0 Å². The molecule has 0 amide bonds. The maximum absolute atomic E-state index is 10.6. The van der Waals surface area contributed by atoms with Crippen molar-refractivity contribution in [2.45, 2.75) is 18.9 Å². The van der Waals surface area contributed by atoms with Crippen molar-refractivity contribution in [2.24, 2.45) is 0 Å². The molecule has 4 nitrogen and oxygen atoms in total. The van der Waals surface area contributed by atoms with Crippen molar-refractivity contribution in [3.05, 3.63) is 16.1 Å². The van der Waals surface area contributed by atoms with Crippen LogP contribution in [0.4, 0.5) is 0 Å². The molecule has 1 fully saturated rings. The summed E-state index contributed by atoms with van der Waals surface area (Å²) in [4.78, 5) is 15.0. The topological polar surface area (TPSA) is 62.2 Å². The van der Waals surface area contributed by atoms with Crippen molar-refractivity contribution in [3.8, 4) is 0 Å². The average molecular weight is 198 g/mol. The summed E-state index contributed by atoms with van der Waals surface area (Å²) in [5.74, 6) is -0.887. The quantitative estimate of drug-likeness (QED) is 0.751. The Balaban J connectivity index is 2.16. The van der Waals surface area contributed by atoms with Crippen LogP contribution in [0.1, 0.15) is 33.6 Å². The van der Waals surface area contributed by atoms with Crippen LogP contribution in [0.5, 0.6) is 0 Å². The van der Waals surface area contributed by atoms with Crippen LogP contribution in [0, 0.1) is 0 Å². The molecule has 1 aromatic rings. The summed E-state index contributed by atoms with van der Waals surface area (Å²) in [6, 6.07) is 0.276. The largest absolute Gasteiger partial charge is 0.477 e. The number of aromatic carboxylic acids is 1. The number of carboxylic acid groups (broad SMARTS) is 1. The summed E-state index contributed by atoms with van der Waals surface area (Å²) in [7, 11) is 0. The average Bonchev–Trinajstić information content (AvgIpc) is 2.75. The lowest BCUT2D eigenvalue weighted by Crippen LogP contribution is -2.12. The lowest BCUT2D eigenvalue weighted by atomic mass is 10.2. The first-order valence-electron chi connectivity index (χ1n) is 4.20. The second-order valence-electron chi connectivity index (χ2n) is 3.02. The van der Waals surface area contributed by atoms with Crippen LogP contribution in [-0.4, -0.2) is 22.6 Å². The van der Waals surface area contributed by atoms with Crippen LogP contribution < -0.4 is 5.32 Å². The number of hydrogen-bond acceptors (Lipinski definition) is 4.